The van der Waals surface area contributed by atoms with Crippen LogP contribution in [0.4, 0.5) is 27.7 Å². The maximum atomic E-state index is 13.4. The fourth-order valence-corrected chi connectivity index (χ4v) is 6.39. The highest BCUT2D eigenvalue weighted by Gasteiger charge is 2.34. The van der Waals surface area contributed by atoms with Gasteiger partial charge in [-0.2, -0.15) is 0 Å². The third kappa shape index (κ3) is 5.53. The summed E-state index contributed by atoms with van der Waals surface area (Å²) in [6.07, 6.45) is 3.44. The third-order valence-corrected chi connectivity index (χ3v) is 8.74. The van der Waals surface area contributed by atoms with Gasteiger partial charge in [0, 0.05) is 18.3 Å². The number of amides is 3. The van der Waals surface area contributed by atoms with Crippen LogP contribution >= 0.6 is 11.3 Å². The number of urea groups is 1. The Bertz CT molecular complexity index is 1780. The number of carbonyl (C=O) groups is 2. The Balaban J connectivity index is 1.10. The van der Waals surface area contributed by atoms with Crippen molar-refractivity contribution >= 4 is 56.4 Å². The standard InChI is InChI=1S/C32H29N7O3S/c33-21-14-16-38(17-15-21)18-20-6-8-22(9-7-20)36-30(40)28-27-26-29(34-19-35-31(26)43-28)39(32(41)37-27)23-10-12-25(13-11-23)42-24-4-2-1-3-5-24/h1-13,19,21H,14-18,33H2,(H,36,40)(H,37,41). The average Bonchev–Trinajstić information content (AvgIpc) is 3.40. The molecule has 0 atom stereocenters. The lowest BCUT2D eigenvalue weighted by molar-refractivity contribution is 0.103. The SMILES string of the molecule is NC1CCN(Cc2ccc(NC(=O)c3sc4ncnc5c4c3NC(=O)N5c3ccc(Oc4ccccc4)cc3)cc2)CC1. The lowest BCUT2D eigenvalue weighted by Crippen LogP contribution is -2.39. The number of hydrogen-bond donors (Lipinski definition) is 3. The molecule has 43 heavy (non-hydrogen) atoms. The van der Waals surface area contributed by atoms with Crippen LogP contribution in [0.1, 0.15) is 28.1 Å². The molecule has 4 N–H and O–H groups in total. The summed E-state index contributed by atoms with van der Waals surface area (Å²) in [4.78, 5) is 40.5. The van der Waals surface area contributed by atoms with Crippen molar-refractivity contribution in [3.63, 3.8) is 0 Å². The van der Waals surface area contributed by atoms with Crippen LogP contribution in [0.5, 0.6) is 11.5 Å². The number of nitrogens with two attached hydrogens (primary N) is 1. The molecule has 2 aliphatic heterocycles. The minimum absolute atomic E-state index is 0.301. The van der Waals surface area contributed by atoms with E-state index in [9.17, 15) is 9.59 Å². The Kier molecular flexibility index (Phi) is 7.19. The van der Waals surface area contributed by atoms with Crippen LogP contribution in [0.2, 0.25) is 0 Å². The number of ether oxygens (including phenoxy) is 1. The quantitative estimate of drug-likeness (QED) is 0.202. The molecular weight excluding hydrogens is 562 g/mol. The molecule has 5 aromatic rings. The summed E-state index contributed by atoms with van der Waals surface area (Å²) in [7, 11) is 0. The molecule has 1 fully saturated rings. The van der Waals surface area contributed by atoms with Crippen LogP contribution in [0.15, 0.2) is 85.2 Å². The molecule has 4 heterocycles. The van der Waals surface area contributed by atoms with Crippen LogP contribution in [-0.2, 0) is 6.54 Å². The van der Waals surface area contributed by atoms with Crippen molar-refractivity contribution in [2.24, 2.45) is 5.73 Å². The van der Waals surface area contributed by atoms with Crippen LogP contribution < -0.4 is 26.0 Å². The number of rotatable bonds is 7. The number of nitrogens with one attached hydrogen (secondary N) is 2. The third-order valence-electron chi connectivity index (χ3n) is 7.65. The van der Waals surface area contributed by atoms with E-state index in [0.29, 0.717) is 49.8 Å². The summed E-state index contributed by atoms with van der Waals surface area (Å²) in [5.74, 6) is 1.45. The number of anilines is 4. The molecule has 0 bridgehead atoms. The molecule has 0 spiro atoms. The zero-order valence-electron chi connectivity index (χ0n) is 23.2. The van der Waals surface area contributed by atoms with Gasteiger partial charge in [-0.1, -0.05) is 30.3 Å². The fraction of sp³-hybridized carbons (Fsp3) is 0.188. The number of likely N-dealkylation sites (tertiary alicyclic amines) is 1. The molecule has 3 amide bonds. The van der Waals surface area contributed by atoms with Gasteiger partial charge in [0.05, 0.1) is 16.8 Å². The molecule has 0 aliphatic carbocycles. The van der Waals surface area contributed by atoms with Crippen LogP contribution in [0.25, 0.3) is 10.2 Å². The summed E-state index contributed by atoms with van der Waals surface area (Å²) in [6, 6.07) is 24.4. The predicted octanol–water partition coefficient (Wildman–Crippen LogP) is 6.34. The van der Waals surface area contributed by atoms with Crippen LogP contribution in [0.3, 0.4) is 0 Å². The lowest BCUT2D eigenvalue weighted by Gasteiger charge is -2.30. The van der Waals surface area contributed by atoms with Crippen molar-refractivity contribution in [1.82, 2.24) is 14.9 Å². The molecular formula is C32H29N7O3S. The summed E-state index contributed by atoms with van der Waals surface area (Å²) in [5, 5.41) is 6.51. The first-order valence-corrected chi connectivity index (χ1v) is 14.9. The van der Waals surface area contributed by atoms with Crippen molar-refractivity contribution in [1.29, 1.82) is 0 Å². The highest BCUT2D eigenvalue weighted by molar-refractivity contribution is 7.21. The number of thiophene rings is 1. The molecule has 10 nitrogen and oxygen atoms in total. The Labute approximate surface area is 252 Å². The summed E-state index contributed by atoms with van der Waals surface area (Å²) in [6.45, 7) is 2.85. The molecule has 11 heteroatoms. The van der Waals surface area contributed by atoms with Gasteiger partial charge in [0.25, 0.3) is 5.91 Å². The zero-order valence-corrected chi connectivity index (χ0v) is 24.0. The molecule has 0 saturated carbocycles. The Morgan fingerprint density at radius 1 is 0.977 bits per heavy atom. The Morgan fingerprint density at radius 2 is 1.70 bits per heavy atom. The first-order chi connectivity index (χ1) is 21.0. The number of piperidine rings is 1. The minimum atomic E-state index is -0.417. The molecule has 2 aliphatic rings. The van der Waals surface area contributed by atoms with Gasteiger partial charge in [0.15, 0.2) is 5.82 Å². The molecule has 3 aromatic carbocycles. The van der Waals surface area contributed by atoms with Crippen LogP contribution in [0, 0.1) is 0 Å². The van der Waals surface area contributed by atoms with Crippen molar-refractivity contribution in [2.45, 2.75) is 25.4 Å². The monoisotopic (exact) mass is 591 g/mol. The van der Waals surface area contributed by atoms with Crippen molar-refractivity contribution in [3.05, 3.63) is 95.6 Å². The fourth-order valence-electron chi connectivity index (χ4n) is 5.40. The molecule has 216 valence electrons. The maximum Gasteiger partial charge on any atom is 0.332 e. The van der Waals surface area contributed by atoms with Gasteiger partial charge in [-0.25, -0.2) is 19.7 Å². The smallest absolute Gasteiger partial charge is 0.332 e. The first-order valence-electron chi connectivity index (χ1n) is 14.1. The second-order valence-electron chi connectivity index (χ2n) is 10.6. The lowest BCUT2D eigenvalue weighted by atomic mass is 10.1. The van der Waals surface area contributed by atoms with Gasteiger partial charge in [0.1, 0.15) is 27.5 Å². The molecule has 1 saturated heterocycles. The van der Waals surface area contributed by atoms with Gasteiger partial charge in [-0.05, 0) is 80.0 Å². The van der Waals surface area contributed by atoms with E-state index < -0.39 is 6.03 Å². The van der Waals surface area contributed by atoms with Crippen LogP contribution in [-0.4, -0.2) is 45.9 Å². The van der Waals surface area contributed by atoms with Crippen molar-refractivity contribution in [3.8, 4) is 11.5 Å². The number of carbonyl (C=O) groups excluding carboxylic acids is 2. The minimum Gasteiger partial charge on any atom is -0.457 e. The number of nitrogens with zero attached hydrogens (tertiary/aromatic N) is 4. The normalized spacial score (nSPS) is 15.4. The van der Waals surface area contributed by atoms with E-state index in [0.717, 1.165) is 38.2 Å². The van der Waals surface area contributed by atoms with E-state index in [1.807, 2.05) is 54.6 Å². The van der Waals surface area contributed by atoms with Crippen molar-refractivity contribution in [2.75, 3.05) is 28.6 Å². The molecule has 0 radical (unpaired) electrons. The Morgan fingerprint density at radius 3 is 2.44 bits per heavy atom. The highest BCUT2D eigenvalue weighted by atomic mass is 32.1. The predicted molar refractivity (Wildman–Crippen MR) is 168 cm³/mol. The number of hydrogen-bond acceptors (Lipinski definition) is 8. The van der Waals surface area contributed by atoms with E-state index in [2.05, 4.69) is 25.5 Å². The summed E-state index contributed by atoms with van der Waals surface area (Å²) in [5.41, 5.74) is 8.90. The summed E-state index contributed by atoms with van der Waals surface area (Å²) >= 11 is 1.22. The molecule has 7 rings (SSSR count). The highest BCUT2D eigenvalue weighted by Crippen LogP contribution is 2.45. The van der Waals surface area contributed by atoms with E-state index >= 15 is 0 Å². The molecule has 0 unspecified atom stereocenters. The number of aromatic nitrogens is 2. The van der Waals surface area contributed by atoms with Gasteiger partial charge < -0.3 is 21.1 Å². The largest absolute Gasteiger partial charge is 0.457 e. The second kappa shape index (κ2) is 11.4. The van der Waals surface area contributed by atoms with Gasteiger partial charge in [-0.3, -0.25) is 9.69 Å². The van der Waals surface area contributed by atoms with E-state index in [1.54, 1.807) is 24.3 Å². The number of benzene rings is 3. The second-order valence-corrected chi connectivity index (χ2v) is 11.6. The number of para-hydroxylation sites is 1. The van der Waals surface area contributed by atoms with E-state index in [-0.39, 0.29) is 5.91 Å². The Hall–Kier alpha value is -4.84. The maximum absolute atomic E-state index is 13.4. The summed E-state index contributed by atoms with van der Waals surface area (Å²) < 4.78 is 5.89. The van der Waals surface area contributed by atoms with Gasteiger partial charge >= 0.3 is 6.03 Å². The molecule has 2 aromatic heterocycles. The van der Waals surface area contributed by atoms with Gasteiger partial charge in [0.2, 0.25) is 0 Å². The first kappa shape index (κ1) is 27.0. The van der Waals surface area contributed by atoms with E-state index in [1.165, 1.54) is 28.1 Å². The van der Waals surface area contributed by atoms with E-state index in [4.69, 9.17) is 10.5 Å². The van der Waals surface area contributed by atoms with Gasteiger partial charge in [-0.15, -0.1) is 11.3 Å². The topological polar surface area (TPSA) is 126 Å². The zero-order chi connectivity index (χ0) is 29.3. The van der Waals surface area contributed by atoms with Crippen molar-refractivity contribution < 1.29 is 14.3 Å². The average molecular weight is 592 g/mol.